The van der Waals surface area contributed by atoms with Crippen LogP contribution >= 0.6 is 23.8 Å². The van der Waals surface area contributed by atoms with Crippen molar-refractivity contribution in [1.82, 2.24) is 9.47 Å². The van der Waals surface area contributed by atoms with Crippen molar-refractivity contribution in [3.05, 3.63) is 93.3 Å². The van der Waals surface area contributed by atoms with Crippen LogP contribution < -0.4 is 5.32 Å². The highest BCUT2D eigenvalue weighted by molar-refractivity contribution is 7.80. The second kappa shape index (κ2) is 7.61. The topological polar surface area (TPSA) is 63.3 Å². The number of rotatable bonds is 3. The van der Waals surface area contributed by atoms with Crippen molar-refractivity contribution in [2.24, 2.45) is 0 Å². The van der Waals surface area contributed by atoms with E-state index in [4.69, 9.17) is 23.8 Å². The van der Waals surface area contributed by atoms with Crippen LogP contribution in [0.1, 0.15) is 17.3 Å². The zero-order valence-electron chi connectivity index (χ0n) is 14.8. The van der Waals surface area contributed by atoms with Gasteiger partial charge in [-0.1, -0.05) is 23.7 Å². The maximum Gasteiger partial charge on any atom is 0.269 e. The first-order valence-corrected chi connectivity index (χ1v) is 9.55. The molecule has 6 nitrogen and oxygen atoms in total. The molecule has 0 saturated carbocycles. The highest BCUT2D eigenvalue weighted by Gasteiger charge is 2.31. The maximum absolute atomic E-state index is 11.0. The molecule has 28 heavy (non-hydrogen) atoms. The molecule has 0 radical (unpaired) electrons. The average Bonchev–Trinajstić information content (AvgIpc) is 3.18. The minimum atomic E-state index is -0.394. The van der Waals surface area contributed by atoms with E-state index < -0.39 is 4.92 Å². The number of nitro benzene ring substituents is 1. The van der Waals surface area contributed by atoms with Gasteiger partial charge in [0.1, 0.15) is 0 Å². The molecule has 8 heteroatoms. The number of halogens is 1. The number of para-hydroxylation sites is 1. The van der Waals surface area contributed by atoms with E-state index >= 15 is 0 Å². The Bertz CT molecular complexity index is 1030. The Morgan fingerprint density at radius 3 is 2.57 bits per heavy atom. The molecule has 1 aliphatic heterocycles. The smallest absolute Gasteiger partial charge is 0.269 e. The van der Waals surface area contributed by atoms with Crippen LogP contribution in [0.25, 0.3) is 0 Å². The molecule has 1 aliphatic rings. The summed E-state index contributed by atoms with van der Waals surface area (Å²) >= 11 is 12.0. The van der Waals surface area contributed by atoms with E-state index in [0.29, 0.717) is 16.7 Å². The Balaban J connectivity index is 1.68. The number of aromatic nitrogens is 1. The third-order valence-electron chi connectivity index (χ3n) is 4.83. The highest BCUT2D eigenvalue weighted by atomic mass is 35.5. The van der Waals surface area contributed by atoms with Crippen LogP contribution in [0.2, 0.25) is 5.02 Å². The lowest BCUT2D eigenvalue weighted by Crippen LogP contribution is -2.44. The van der Waals surface area contributed by atoms with Gasteiger partial charge in [-0.15, -0.1) is 0 Å². The molecule has 0 bridgehead atoms. The predicted octanol–water partition coefficient (Wildman–Crippen LogP) is 4.85. The van der Waals surface area contributed by atoms with Gasteiger partial charge in [0.05, 0.1) is 21.7 Å². The monoisotopic (exact) mass is 412 g/mol. The third-order valence-corrected chi connectivity index (χ3v) is 5.50. The molecule has 0 spiro atoms. The Morgan fingerprint density at radius 1 is 1.11 bits per heavy atom. The molecular weight excluding hydrogens is 396 g/mol. The summed E-state index contributed by atoms with van der Waals surface area (Å²) in [6.07, 6.45) is 2.04. The summed E-state index contributed by atoms with van der Waals surface area (Å²) in [5, 5.41) is 15.4. The van der Waals surface area contributed by atoms with Crippen LogP contribution in [-0.4, -0.2) is 26.0 Å². The summed E-state index contributed by atoms with van der Waals surface area (Å²) < 4.78 is 2.18. The van der Waals surface area contributed by atoms with Gasteiger partial charge in [-0.2, -0.15) is 0 Å². The van der Waals surface area contributed by atoms with Crippen molar-refractivity contribution in [2.45, 2.75) is 12.6 Å². The SMILES string of the molecule is O=[N+]([O-])c1ccc(C2c3cccn3CCN2C(=S)Nc2ccccc2Cl)cc1. The molecule has 2 aromatic carbocycles. The standard InChI is InChI=1S/C20H17ClN4O2S/c21-16-4-1-2-5-17(16)22-20(28)24-13-12-23-11-3-6-18(23)19(24)14-7-9-15(10-8-14)25(26)27/h1-11,19H,12-13H2,(H,22,28). The third kappa shape index (κ3) is 3.46. The lowest BCUT2D eigenvalue weighted by Gasteiger charge is -2.39. The van der Waals surface area contributed by atoms with E-state index in [1.165, 1.54) is 12.1 Å². The molecule has 1 atom stereocenters. The van der Waals surface area contributed by atoms with E-state index in [2.05, 4.69) is 20.9 Å². The van der Waals surface area contributed by atoms with E-state index in [0.717, 1.165) is 23.5 Å². The summed E-state index contributed by atoms with van der Waals surface area (Å²) in [5.41, 5.74) is 2.84. The van der Waals surface area contributed by atoms with Crippen LogP contribution in [0.15, 0.2) is 66.9 Å². The highest BCUT2D eigenvalue weighted by Crippen LogP contribution is 2.34. The molecule has 1 unspecified atom stereocenters. The quantitative estimate of drug-likeness (QED) is 0.378. The first-order valence-electron chi connectivity index (χ1n) is 8.76. The van der Waals surface area contributed by atoms with E-state index in [1.54, 1.807) is 12.1 Å². The van der Waals surface area contributed by atoms with Crippen LogP contribution in [0.5, 0.6) is 0 Å². The molecule has 0 fully saturated rings. The van der Waals surface area contributed by atoms with Gasteiger partial charge in [0.25, 0.3) is 5.69 Å². The largest absolute Gasteiger partial charge is 0.348 e. The van der Waals surface area contributed by atoms with Crippen molar-refractivity contribution in [3.63, 3.8) is 0 Å². The van der Waals surface area contributed by atoms with E-state index in [9.17, 15) is 10.1 Å². The summed E-state index contributed by atoms with van der Waals surface area (Å²) in [6, 6.07) is 18.0. The number of anilines is 1. The molecule has 4 rings (SSSR count). The fraction of sp³-hybridized carbons (Fsp3) is 0.150. The van der Waals surface area contributed by atoms with Gasteiger partial charge in [-0.05, 0) is 54.2 Å². The molecule has 2 heterocycles. The number of thiocarbonyl (C=S) groups is 1. The lowest BCUT2D eigenvalue weighted by molar-refractivity contribution is -0.384. The van der Waals surface area contributed by atoms with Gasteiger partial charge in [0.15, 0.2) is 5.11 Å². The van der Waals surface area contributed by atoms with Crippen molar-refractivity contribution < 1.29 is 4.92 Å². The normalized spacial score (nSPS) is 15.8. The van der Waals surface area contributed by atoms with Gasteiger partial charge in [0, 0.05) is 37.1 Å². The van der Waals surface area contributed by atoms with Gasteiger partial charge >= 0.3 is 0 Å². The van der Waals surface area contributed by atoms with Crippen LogP contribution in [0, 0.1) is 10.1 Å². The Hall–Kier alpha value is -2.90. The van der Waals surface area contributed by atoms with Crippen LogP contribution in [-0.2, 0) is 6.54 Å². The zero-order chi connectivity index (χ0) is 19.7. The minimum Gasteiger partial charge on any atom is -0.348 e. The van der Waals surface area contributed by atoms with Crippen molar-refractivity contribution in [2.75, 3.05) is 11.9 Å². The first kappa shape index (κ1) is 18.5. The maximum atomic E-state index is 11.0. The van der Waals surface area contributed by atoms with E-state index in [1.807, 2.05) is 36.5 Å². The number of fused-ring (bicyclic) bond motifs is 1. The summed E-state index contributed by atoms with van der Waals surface area (Å²) in [6.45, 7) is 1.51. The Labute approximate surface area is 172 Å². The Morgan fingerprint density at radius 2 is 1.86 bits per heavy atom. The predicted molar refractivity (Wildman–Crippen MR) is 114 cm³/mol. The number of hydrogen-bond donors (Lipinski definition) is 1. The molecular formula is C20H17ClN4O2S. The van der Waals surface area contributed by atoms with Gasteiger partial charge in [-0.25, -0.2) is 0 Å². The van der Waals surface area contributed by atoms with Gasteiger partial charge < -0.3 is 14.8 Å². The van der Waals surface area contributed by atoms with E-state index in [-0.39, 0.29) is 11.7 Å². The molecule has 1 aromatic heterocycles. The van der Waals surface area contributed by atoms with Gasteiger partial charge in [0.2, 0.25) is 0 Å². The number of non-ortho nitro benzene ring substituents is 1. The second-order valence-electron chi connectivity index (χ2n) is 6.48. The summed E-state index contributed by atoms with van der Waals surface area (Å²) in [5.74, 6) is 0. The summed E-state index contributed by atoms with van der Waals surface area (Å²) in [7, 11) is 0. The fourth-order valence-corrected chi connectivity index (χ4v) is 3.97. The molecule has 0 saturated heterocycles. The molecule has 142 valence electrons. The first-order chi connectivity index (χ1) is 13.5. The average molecular weight is 413 g/mol. The molecule has 3 aromatic rings. The fourth-order valence-electron chi connectivity index (χ4n) is 3.48. The number of nitrogens with zero attached hydrogens (tertiary/aromatic N) is 3. The summed E-state index contributed by atoms with van der Waals surface area (Å²) in [4.78, 5) is 12.7. The van der Waals surface area contributed by atoms with Crippen LogP contribution in [0.3, 0.4) is 0 Å². The number of hydrogen-bond acceptors (Lipinski definition) is 3. The van der Waals surface area contributed by atoms with Crippen molar-refractivity contribution >= 4 is 40.3 Å². The minimum absolute atomic E-state index is 0.0678. The van der Waals surface area contributed by atoms with Crippen molar-refractivity contribution in [1.29, 1.82) is 0 Å². The number of benzene rings is 2. The van der Waals surface area contributed by atoms with Crippen LogP contribution in [0.4, 0.5) is 11.4 Å². The van der Waals surface area contributed by atoms with Gasteiger partial charge in [-0.3, -0.25) is 10.1 Å². The lowest BCUT2D eigenvalue weighted by atomic mass is 10.00. The molecule has 1 N–H and O–H groups in total. The zero-order valence-corrected chi connectivity index (χ0v) is 16.4. The Kier molecular flexibility index (Phi) is 5.02. The number of nitro groups is 1. The molecule has 0 amide bonds. The van der Waals surface area contributed by atoms with Crippen molar-refractivity contribution in [3.8, 4) is 0 Å². The molecule has 0 aliphatic carbocycles. The number of nitrogens with one attached hydrogen (secondary N) is 1. The second-order valence-corrected chi connectivity index (χ2v) is 7.27.